The van der Waals surface area contributed by atoms with Gasteiger partial charge in [0, 0.05) is 31.7 Å². The smallest absolute Gasteiger partial charge is 0.339 e. The average Bonchev–Trinajstić information content (AvgIpc) is 2.88. The molecule has 0 saturated carbocycles. The maximum absolute atomic E-state index is 13.0. The molecular weight excluding hydrogens is 457 g/mol. The standard InChI is InChI=1S/C26H21F3N4O2/c27-26(28,29)20-5-3-4-19(16-20)17-8-10-18(11-9-17)24(35)32-12-14-33(15-13-32)25-30-22-7-2-1-6-21(22)23(34)31-25/h1-11,16H,12-15H2,(H,30,31,34). The highest BCUT2D eigenvalue weighted by Gasteiger charge is 2.30. The fourth-order valence-corrected chi connectivity index (χ4v) is 4.21. The fraction of sp³-hybridized carbons (Fsp3) is 0.192. The van der Waals surface area contributed by atoms with E-state index in [4.69, 9.17) is 0 Å². The summed E-state index contributed by atoms with van der Waals surface area (Å²) in [7, 11) is 0. The molecule has 0 spiro atoms. The monoisotopic (exact) mass is 478 g/mol. The first-order chi connectivity index (χ1) is 16.8. The van der Waals surface area contributed by atoms with E-state index in [1.165, 1.54) is 6.07 Å². The first-order valence-electron chi connectivity index (χ1n) is 11.1. The van der Waals surface area contributed by atoms with E-state index in [1.807, 2.05) is 11.0 Å². The summed E-state index contributed by atoms with van der Waals surface area (Å²) in [5.74, 6) is 0.325. The van der Waals surface area contributed by atoms with Crippen molar-refractivity contribution in [3.05, 3.63) is 94.3 Å². The summed E-state index contributed by atoms with van der Waals surface area (Å²) in [6, 6.07) is 18.8. The summed E-state index contributed by atoms with van der Waals surface area (Å²) < 4.78 is 39.0. The van der Waals surface area contributed by atoms with Crippen molar-refractivity contribution in [1.29, 1.82) is 0 Å². The Kier molecular flexibility index (Phi) is 5.76. The molecule has 1 fully saturated rings. The third-order valence-corrected chi connectivity index (χ3v) is 6.12. The normalized spacial score (nSPS) is 14.4. The minimum absolute atomic E-state index is 0.153. The predicted octanol–water partition coefficient (Wildman–Crippen LogP) is 4.57. The molecule has 0 atom stereocenters. The maximum atomic E-state index is 13.0. The number of halogens is 3. The van der Waals surface area contributed by atoms with Crippen molar-refractivity contribution in [2.75, 3.05) is 31.1 Å². The van der Waals surface area contributed by atoms with Crippen molar-refractivity contribution in [3.63, 3.8) is 0 Å². The Morgan fingerprint density at radius 1 is 0.857 bits per heavy atom. The lowest BCUT2D eigenvalue weighted by Gasteiger charge is -2.35. The van der Waals surface area contributed by atoms with E-state index in [-0.39, 0.29) is 11.5 Å². The number of aromatic amines is 1. The van der Waals surface area contributed by atoms with Crippen molar-refractivity contribution in [3.8, 4) is 11.1 Å². The SMILES string of the molecule is O=C(c1ccc(-c2cccc(C(F)(F)F)c2)cc1)N1CCN(c2nc3ccccc3c(=O)[nH]2)CC1. The van der Waals surface area contributed by atoms with Crippen molar-refractivity contribution in [1.82, 2.24) is 14.9 Å². The molecule has 4 aromatic rings. The number of carbonyl (C=O) groups excluding carboxylic acids is 1. The van der Waals surface area contributed by atoms with Crippen molar-refractivity contribution in [2.24, 2.45) is 0 Å². The molecule has 3 aromatic carbocycles. The van der Waals surface area contributed by atoms with Gasteiger partial charge in [0.1, 0.15) is 0 Å². The number of fused-ring (bicyclic) bond motifs is 1. The number of nitrogens with zero attached hydrogens (tertiary/aromatic N) is 3. The summed E-state index contributed by atoms with van der Waals surface area (Å²) in [6.45, 7) is 1.92. The minimum atomic E-state index is -4.41. The zero-order chi connectivity index (χ0) is 24.6. The lowest BCUT2D eigenvalue weighted by Crippen LogP contribution is -2.49. The van der Waals surface area contributed by atoms with E-state index in [9.17, 15) is 22.8 Å². The molecule has 1 amide bonds. The molecule has 6 nitrogen and oxygen atoms in total. The number of piperazine rings is 1. The van der Waals surface area contributed by atoms with Crippen LogP contribution in [0.25, 0.3) is 22.0 Å². The number of rotatable bonds is 3. The number of anilines is 1. The molecule has 1 aliphatic rings. The molecule has 2 heterocycles. The number of hydrogen-bond donors (Lipinski definition) is 1. The van der Waals surface area contributed by atoms with Gasteiger partial charge in [-0.15, -0.1) is 0 Å². The highest BCUT2D eigenvalue weighted by Crippen LogP contribution is 2.32. The summed E-state index contributed by atoms with van der Waals surface area (Å²) in [5.41, 5.74) is 1.20. The van der Waals surface area contributed by atoms with E-state index in [1.54, 1.807) is 53.4 Å². The van der Waals surface area contributed by atoms with Gasteiger partial charge in [-0.05, 0) is 47.5 Å². The first kappa shape index (κ1) is 22.6. The van der Waals surface area contributed by atoms with Crippen LogP contribution in [-0.4, -0.2) is 47.0 Å². The maximum Gasteiger partial charge on any atom is 0.416 e. The van der Waals surface area contributed by atoms with Crippen LogP contribution >= 0.6 is 0 Å². The number of alkyl halides is 3. The summed E-state index contributed by atoms with van der Waals surface area (Å²) in [4.78, 5) is 36.4. The van der Waals surface area contributed by atoms with Gasteiger partial charge in [-0.3, -0.25) is 14.6 Å². The van der Waals surface area contributed by atoms with Crippen molar-refractivity contribution in [2.45, 2.75) is 6.18 Å². The lowest BCUT2D eigenvalue weighted by atomic mass is 10.0. The molecule has 1 N–H and O–H groups in total. The molecule has 35 heavy (non-hydrogen) atoms. The van der Waals surface area contributed by atoms with Gasteiger partial charge in [-0.2, -0.15) is 13.2 Å². The fourth-order valence-electron chi connectivity index (χ4n) is 4.21. The van der Waals surface area contributed by atoms with Gasteiger partial charge < -0.3 is 9.80 Å². The Morgan fingerprint density at radius 2 is 1.57 bits per heavy atom. The molecule has 9 heteroatoms. The van der Waals surface area contributed by atoms with Crippen LogP contribution in [0, 0.1) is 0 Å². The van der Waals surface area contributed by atoms with Crippen LogP contribution in [0.15, 0.2) is 77.6 Å². The van der Waals surface area contributed by atoms with Crippen LogP contribution in [0.4, 0.5) is 19.1 Å². The molecule has 178 valence electrons. The van der Waals surface area contributed by atoms with Crippen LogP contribution in [0.5, 0.6) is 0 Å². The van der Waals surface area contributed by atoms with Gasteiger partial charge in [0.2, 0.25) is 5.95 Å². The molecule has 0 radical (unpaired) electrons. The molecular formula is C26H21F3N4O2. The number of para-hydroxylation sites is 1. The average molecular weight is 478 g/mol. The van der Waals surface area contributed by atoms with Crippen LogP contribution < -0.4 is 10.5 Å². The van der Waals surface area contributed by atoms with Gasteiger partial charge >= 0.3 is 6.18 Å². The largest absolute Gasteiger partial charge is 0.416 e. The summed E-state index contributed by atoms with van der Waals surface area (Å²) in [5, 5.41) is 0.527. The molecule has 1 aromatic heterocycles. The van der Waals surface area contributed by atoms with Gasteiger partial charge in [0.25, 0.3) is 11.5 Å². The van der Waals surface area contributed by atoms with Gasteiger partial charge in [0.05, 0.1) is 16.5 Å². The molecule has 0 unspecified atom stereocenters. The number of benzene rings is 3. The molecule has 0 bridgehead atoms. The van der Waals surface area contributed by atoms with E-state index in [0.29, 0.717) is 59.7 Å². The number of aromatic nitrogens is 2. The van der Waals surface area contributed by atoms with Crippen molar-refractivity contribution >= 4 is 22.8 Å². The Hall–Kier alpha value is -4.14. The third-order valence-electron chi connectivity index (χ3n) is 6.12. The first-order valence-corrected chi connectivity index (χ1v) is 11.1. The Balaban J connectivity index is 1.26. The molecule has 5 rings (SSSR count). The van der Waals surface area contributed by atoms with Crippen LogP contribution in [0.3, 0.4) is 0 Å². The zero-order valence-electron chi connectivity index (χ0n) is 18.5. The Bertz CT molecular complexity index is 1440. The van der Waals surface area contributed by atoms with E-state index < -0.39 is 11.7 Å². The molecule has 0 aliphatic carbocycles. The Morgan fingerprint density at radius 3 is 2.29 bits per heavy atom. The summed E-state index contributed by atoms with van der Waals surface area (Å²) in [6.07, 6.45) is -4.41. The van der Waals surface area contributed by atoms with E-state index in [0.717, 1.165) is 12.1 Å². The summed E-state index contributed by atoms with van der Waals surface area (Å²) >= 11 is 0. The zero-order valence-corrected chi connectivity index (χ0v) is 18.5. The number of nitrogens with one attached hydrogen (secondary N) is 1. The van der Waals surface area contributed by atoms with Gasteiger partial charge in [-0.25, -0.2) is 4.98 Å². The van der Waals surface area contributed by atoms with Crippen molar-refractivity contribution < 1.29 is 18.0 Å². The number of amides is 1. The van der Waals surface area contributed by atoms with E-state index >= 15 is 0 Å². The highest BCUT2D eigenvalue weighted by atomic mass is 19.4. The predicted molar refractivity (Wildman–Crippen MR) is 127 cm³/mol. The molecule has 1 saturated heterocycles. The van der Waals surface area contributed by atoms with Crippen LogP contribution in [0.2, 0.25) is 0 Å². The Labute approximate surface area is 198 Å². The number of H-pyrrole nitrogens is 1. The van der Waals surface area contributed by atoms with Gasteiger partial charge in [0.15, 0.2) is 0 Å². The van der Waals surface area contributed by atoms with E-state index in [2.05, 4.69) is 9.97 Å². The lowest BCUT2D eigenvalue weighted by molar-refractivity contribution is -0.137. The second-order valence-corrected chi connectivity index (χ2v) is 8.34. The van der Waals surface area contributed by atoms with Gasteiger partial charge in [-0.1, -0.05) is 36.4 Å². The van der Waals surface area contributed by atoms with Crippen LogP contribution in [0.1, 0.15) is 15.9 Å². The second kappa shape index (κ2) is 8.90. The topological polar surface area (TPSA) is 69.3 Å². The second-order valence-electron chi connectivity index (χ2n) is 8.34. The number of hydrogen-bond acceptors (Lipinski definition) is 4. The highest BCUT2D eigenvalue weighted by molar-refractivity contribution is 5.95. The minimum Gasteiger partial charge on any atom is -0.339 e. The number of carbonyl (C=O) groups is 1. The molecule has 1 aliphatic heterocycles. The third kappa shape index (κ3) is 4.62. The van der Waals surface area contributed by atoms with Crippen LogP contribution in [-0.2, 0) is 6.18 Å². The quantitative estimate of drug-likeness (QED) is 0.468.